The first kappa shape index (κ1) is 16.3. The molecule has 0 radical (unpaired) electrons. The smallest absolute Gasteiger partial charge is 0.278 e. The fraction of sp³-hybridized carbons (Fsp3) is 0.158. The lowest BCUT2D eigenvalue weighted by Crippen LogP contribution is -2.16. The summed E-state index contributed by atoms with van der Waals surface area (Å²) in [7, 11) is 1.60. The Hall–Kier alpha value is -3.22. The van der Waals surface area contributed by atoms with Crippen LogP contribution in [-0.2, 0) is 12.8 Å². The highest BCUT2D eigenvalue weighted by atomic mass is 19.1. The monoisotopic (exact) mass is 356 g/mol. The second kappa shape index (κ2) is 6.25. The molecule has 1 amide bonds. The maximum atomic E-state index is 13.7. The molecule has 0 aliphatic heterocycles. The summed E-state index contributed by atoms with van der Waals surface area (Å²) in [6.45, 7) is 0. The van der Waals surface area contributed by atoms with Gasteiger partial charge in [0.05, 0.1) is 12.8 Å². The molecule has 5 nitrogen and oxygen atoms in total. The van der Waals surface area contributed by atoms with E-state index < -0.39 is 17.5 Å². The van der Waals surface area contributed by atoms with Crippen molar-refractivity contribution in [3.63, 3.8) is 0 Å². The molecule has 3 aromatic rings. The first-order valence-electron chi connectivity index (χ1n) is 7.99. The molecule has 1 aromatic heterocycles. The standard InChI is InChI=1S/C19H14F2N2O3/c1-25-12-4-6-13-10(8-12)2-5-14-17(23-26-18(13)14)19(24)22-16-7-3-11(20)9-15(16)21/h3-4,6-9H,2,5H2,1H3,(H,22,24). The molecular formula is C19H14F2N2O3. The van der Waals surface area contributed by atoms with Crippen LogP contribution in [-0.4, -0.2) is 18.2 Å². The van der Waals surface area contributed by atoms with Crippen molar-refractivity contribution in [2.75, 3.05) is 12.4 Å². The van der Waals surface area contributed by atoms with Crippen molar-refractivity contribution in [2.24, 2.45) is 0 Å². The van der Waals surface area contributed by atoms with Gasteiger partial charge in [-0.05, 0) is 48.7 Å². The van der Waals surface area contributed by atoms with Crippen molar-refractivity contribution in [1.82, 2.24) is 5.16 Å². The average molecular weight is 356 g/mol. The SMILES string of the molecule is COc1ccc2c(c1)CCc1c(C(=O)Nc3ccc(F)cc3F)noc1-2. The molecule has 4 rings (SSSR count). The Labute approximate surface area is 147 Å². The van der Waals surface area contributed by atoms with Crippen molar-refractivity contribution in [3.05, 3.63) is 64.9 Å². The minimum absolute atomic E-state index is 0.102. The van der Waals surface area contributed by atoms with Gasteiger partial charge in [0.1, 0.15) is 17.4 Å². The van der Waals surface area contributed by atoms with Crippen LogP contribution in [0.5, 0.6) is 5.75 Å². The Morgan fingerprint density at radius 2 is 2.04 bits per heavy atom. The van der Waals surface area contributed by atoms with E-state index >= 15 is 0 Å². The van der Waals surface area contributed by atoms with Crippen LogP contribution in [0, 0.1) is 11.6 Å². The molecule has 0 unspecified atom stereocenters. The van der Waals surface area contributed by atoms with Crippen LogP contribution >= 0.6 is 0 Å². The number of carbonyl (C=O) groups excluding carboxylic acids is 1. The molecule has 1 aliphatic rings. The third-order valence-electron chi connectivity index (χ3n) is 4.38. The van der Waals surface area contributed by atoms with E-state index in [0.717, 1.165) is 29.0 Å². The number of hydrogen-bond acceptors (Lipinski definition) is 4. The second-order valence-corrected chi connectivity index (χ2v) is 5.94. The number of nitrogens with one attached hydrogen (secondary N) is 1. The number of anilines is 1. The average Bonchev–Trinajstić information content (AvgIpc) is 3.08. The van der Waals surface area contributed by atoms with Gasteiger partial charge in [-0.15, -0.1) is 0 Å². The van der Waals surface area contributed by atoms with E-state index in [4.69, 9.17) is 9.26 Å². The minimum Gasteiger partial charge on any atom is -0.497 e. The van der Waals surface area contributed by atoms with E-state index in [0.29, 0.717) is 30.2 Å². The Kier molecular flexibility index (Phi) is 3.91. The topological polar surface area (TPSA) is 64.4 Å². The number of methoxy groups -OCH3 is 1. The summed E-state index contributed by atoms with van der Waals surface area (Å²) in [6, 6.07) is 8.53. The van der Waals surface area contributed by atoms with Gasteiger partial charge in [-0.25, -0.2) is 8.78 Å². The third-order valence-corrected chi connectivity index (χ3v) is 4.38. The van der Waals surface area contributed by atoms with Crippen LogP contribution < -0.4 is 10.1 Å². The van der Waals surface area contributed by atoms with Crippen LogP contribution in [0.4, 0.5) is 14.5 Å². The first-order chi connectivity index (χ1) is 12.6. The van der Waals surface area contributed by atoms with Gasteiger partial charge in [0.15, 0.2) is 11.5 Å². The van der Waals surface area contributed by atoms with Crippen LogP contribution in [0.25, 0.3) is 11.3 Å². The zero-order valence-corrected chi connectivity index (χ0v) is 13.8. The Balaban J connectivity index is 1.65. The minimum atomic E-state index is -0.854. The largest absolute Gasteiger partial charge is 0.497 e. The van der Waals surface area contributed by atoms with Gasteiger partial charge in [0, 0.05) is 17.2 Å². The van der Waals surface area contributed by atoms with E-state index in [-0.39, 0.29) is 11.4 Å². The summed E-state index contributed by atoms with van der Waals surface area (Å²) < 4.78 is 37.4. The number of aromatic nitrogens is 1. The summed E-state index contributed by atoms with van der Waals surface area (Å²) in [5.74, 6) is -0.896. The summed E-state index contributed by atoms with van der Waals surface area (Å²) in [6.07, 6.45) is 1.26. The molecule has 1 aliphatic carbocycles. The molecule has 26 heavy (non-hydrogen) atoms. The lowest BCUT2D eigenvalue weighted by molar-refractivity contribution is 0.101. The van der Waals surface area contributed by atoms with Gasteiger partial charge in [0.2, 0.25) is 0 Å². The Bertz CT molecular complexity index is 1010. The highest BCUT2D eigenvalue weighted by molar-refractivity contribution is 6.04. The highest BCUT2D eigenvalue weighted by Crippen LogP contribution is 2.37. The molecule has 0 saturated carbocycles. The molecular weight excluding hydrogens is 342 g/mol. The Morgan fingerprint density at radius 3 is 2.81 bits per heavy atom. The molecule has 2 aromatic carbocycles. The molecule has 1 N–H and O–H groups in total. The van der Waals surface area contributed by atoms with Gasteiger partial charge in [-0.3, -0.25) is 4.79 Å². The van der Waals surface area contributed by atoms with Crippen molar-refractivity contribution < 1.29 is 22.8 Å². The van der Waals surface area contributed by atoms with Gasteiger partial charge < -0.3 is 14.6 Å². The molecule has 7 heteroatoms. The van der Waals surface area contributed by atoms with Crippen LogP contribution in [0.15, 0.2) is 40.9 Å². The normalized spacial score (nSPS) is 12.3. The van der Waals surface area contributed by atoms with Crippen molar-refractivity contribution in [2.45, 2.75) is 12.8 Å². The summed E-state index contributed by atoms with van der Waals surface area (Å²) in [4.78, 5) is 12.5. The number of benzene rings is 2. The zero-order chi connectivity index (χ0) is 18.3. The quantitative estimate of drug-likeness (QED) is 0.771. The van der Waals surface area contributed by atoms with Gasteiger partial charge in [-0.1, -0.05) is 5.16 Å². The highest BCUT2D eigenvalue weighted by Gasteiger charge is 2.28. The van der Waals surface area contributed by atoms with Crippen molar-refractivity contribution >= 4 is 11.6 Å². The van der Waals surface area contributed by atoms with E-state index in [2.05, 4.69) is 10.5 Å². The molecule has 0 spiro atoms. The fourth-order valence-electron chi connectivity index (χ4n) is 3.09. The number of amides is 1. The van der Waals surface area contributed by atoms with Gasteiger partial charge >= 0.3 is 0 Å². The van der Waals surface area contributed by atoms with Crippen molar-refractivity contribution in [1.29, 1.82) is 0 Å². The van der Waals surface area contributed by atoms with Gasteiger partial charge in [-0.2, -0.15) is 0 Å². The van der Waals surface area contributed by atoms with E-state index in [9.17, 15) is 13.6 Å². The maximum Gasteiger partial charge on any atom is 0.278 e. The number of hydrogen-bond donors (Lipinski definition) is 1. The number of halogens is 2. The van der Waals surface area contributed by atoms with Crippen LogP contribution in [0.3, 0.4) is 0 Å². The van der Waals surface area contributed by atoms with Crippen molar-refractivity contribution in [3.8, 4) is 17.1 Å². The fourth-order valence-corrected chi connectivity index (χ4v) is 3.09. The first-order valence-corrected chi connectivity index (χ1v) is 7.99. The molecule has 0 atom stereocenters. The molecule has 0 saturated heterocycles. The summed E-state index contributed by atoms with van der Waals surface area (Å²) in [5.41, 5.74) is 2.55. The van der Waals surface area contributed by atoms with Gasteiger partial charge in [0.25, 0.3) is 5.91 Å². The number of nitrogens with zero attached hydrogens (tertiary/aromatic N) is 1. The number of fused-ring (bicyclic) bond motifs is 3. The molecule has 0 fully saturated rings. The zero-order valence-electron chi connectivity index (χ0n) is 13.8. The second-order valence-electron chi connectivity index (χ2n) is 5.94. The number of rotatable bonds is 3. The molecule has 132 valence electrons. The third kappa shape index (κ3) is 2.71. The maximum absolute atomic E-state index is 13.7. The number of ether oxygens (including phenoxy) is 1. The lowest BCUT2D eigenvalue weighted by Gasteiger charge is -2.15. The number of aryl methyl sites for hydroxylation is 1. The number of carbonyl (C=O) groups is 1. The molecule has 1 heterocycles. The molecule has 0 bridgehead atoms. The van der Waals surface area contributed by atoms with E-state index in [1.54, 1.807) is 7.11 Å². The predicted octanol–water partition coefficient (Wildman–Crippen LogP) is 3.98. The van der Waals surface area contributed by atoms with E-state index in [1.807, 2.05) is 18.2 Å². The lowest BCUT2D eigenvalue weighted by atomic mass is 9.89. The Morgan fingerprint density at radius 1 is 1.19 bits per heavy atom. The van der Waals surface area contributed by atoms with Crippen LogP contribution in [0.1, 0.15) is 21.6 Å². The van der Waals surface area contributed by atoms with Crippen LogP contribution in [0.2, 0.25) is 0 Å². The van der Waals surface area contributed by atoms with E-state index in [1.165, 1.54) is 0 Å². The summed E-state index contributed by atoms with van der Waals surface area (Å²) in [5, 5.41) is 6.28. The predicted molar refractivity (Wildman–Crippen MR) is 90.2 cm³/mol. The summed E-state index contributed by atoms with van der Waals surface area (Å²) >= 11 is 0.